The van der Waals surface area contributed by atoms with Crippen LogP contribution in [0.4, 0.5) is 26.3 Å². The van der Waals surface area contributed by atoms with Gasteiger partial charge >= 0.3 is 12.4 Å². The fourth-order valence-corrected chi connectivity index (χ4v) is 1.85. The highest BCUT2D eigenvalue weighted by Gasteiger charge is 2.61. The van der Waals surface area contributed by atoms with Crippen molar-refractivity contribution >= 4 is 21.8 Å². The summed E-state index contributed by atoms with van der Waals surface area (Å²) in [7, 11) is 1.22. The Kier molecular flexibility index (Phi) is 7.12. The van der Waals surface area contributed by atoms with E-state index in [-0.39, 0.29) is 13.0 Å². The first-order chi connectivity index (χ1) is 8.54. The summed E-state index contributed by atoms with van der Waals surface area (Å²) in [6, 6.07) is -0.927. The van der Waals surface area contributed by atoms with Gasteiger partial charge in [-0.3, -0.25) is 4.79 Å². The summed E-state index contributed by atoms with van der Waals surface area (Å²) >= 11 is 2.97. The number of hydrogen-bond donors (Lipinski definition) is 1. The van der Waals surface area contributed by atoms with E-state index in [4.69, 9.17) is 0 Å². The monoisotopic (exact) mass is 359 g/mol. The molecule has 1 atom stereocenters. The molecule has 0 aliphatic carbocycles. The van der Waals surface area contributed by atoms with Crippen LogP contribution in [-0.4, -0.2) is 43.3 Å². The molecular formula is C9H12BrF6NO2. The molecule has 1 N–H and O–H groups in total. The van der Waals surface area contributed by atoms with Crippen LogP contribution in [0.2, 0.25) is 0 Å². The molecule has 1 unspecified atom stereocenters. The zero-order valence-electron chi connectivity index (χ0n) is 9.74. The molecule has 0 rings (SSSR count). The van der Waals surface area contributed by atoms with Gasteiger partial charge in [0.2, 0.25) is 11.8 Å². The number of methoxy groups -OCH3 is 1. The summed E-state index contributed by atoms with van der Waals surface area (Å²) in [5.41, 5.74) is 0. The highest BCUT2D eigenvalue weighted by molar-refractivity contribution is 9.09. The molecule has 0 heterocycles. The lowest BCUT2D eigenvalue weighted by molar-refractivity contribution is -0.274. The molecule has 0 radical (unpaired) electrons. The Hall–Kier alpha value is -0.510. The highest BCUT2D eigenvalue weighted by Crippen LogP contribution is 2.39. The Morgan fingerprint density at radius 2 is 1.68 bits per heavy atom. The van der Waals surface area contributed by atoms with Crippen molar-refractivity contribution in [2.24, 2.45) is 5.92 Å². The number of halogens is 7. The van der Waals surface area contributed by atoms with Gasteiger partial charge in [0.05, 0.1) is 12.6 Å². The Labute approximate surface area is 113 Å². The van der Waals surface area contributed by atoms with Gasteiger partial charge in [-0.15, -0.1) is 0 Å². The summed E-state index contributed by atoms with van der Waals surface area (Å²) in [5.74, 6) is -6.15. The zero-order chi connectivity index (χ0) is 15.3. The molecule has 0 saturated carbocycles. The highest BCUT2D eigenvalue weighted by atomic mass is 79.9. The van der Waals surface area contributed by atoms with E-state index in [0.29, 0.717) is 5.33 Å². The second kappa shape index (κ2) is 7.32. The number of alkyl halides is 7. The first kappa shape index (κ1) is 18.5. The Bertz CT molecular complexity index is 273. The van der Waals surface area contributed by atoms with Crippen molar-refractivity contribution < 1.29 is 35.9 Å². The average Bonchev–Trinajstić information content (AvgIpc) is 2.12. The van der Waals surface area contributed by atoms with Crippen molar-refractivity contribution in [1.82, 2.24) is 5.32 Å². The second-order valence-corrected chi connectivity index (χ2v) is 4.45. The van der Waals surface area contributed by atoms with E-state index < -0.39 is 30.2 Å². The van der Waals surface area contributed by atoms with Crippen molar-refractivity contribution in [3.63, 3.8) is 0 Å². The van der Waals surface area contributed by atoms with Gasteiger partial charge in [-0.1, -0.05) is 15.9 Å². The molecule has 0 aromatic carbocycles. The van der Waals surface area contributed by atoms with Crippen LogP contribution >= 0.6 is 15.9 Å². The molecule has 0 aliphatic rings. The predicted octanol–water partition coefficient (Wildman–Crippen LogP) is 2.64. The van der Waals surface area contributed by atoms with E-state index in [1.807, 2.05) is 0 Å². The molecule has 0 fully saturated rings. The summed E-state index contributed by atoms with van der Waals surface area (Å²) in [6.45, 7) is -0.181. The lowest BCUT2D eigenvalue weighted by Crippen LogP contribution is -2.51. The molecule has 0 saturated heterocycles. The van der Waals surface area contributed by atoms with E-state index in [2.05, 4.69) is 20.7 Å². The topological polar surface area (TPSA) is 38.3 Å². The number of carbonyl (C=O) groups is 1. The minimum Gasteiger partial charge on any atom is -0.383 e. The Morgan fingerprint density at radius 3 is 2.00 bits per heavy atom. The van der Waals surface area contributed by atoms with Crippen LogP contribution in [-0.2, 0) is 9.53 Å². The summed E-state index contributed by atoms with van der Waals surface area (Å²) in [6.07, 6.45) is -11.2. The van der Waals surface area contributed by atoms with E-state index in [0.717, 1.165) is 0 Å². The lowest BCUT2D eigenvalue weighted by atomic mass is 10.1. The van der Waals surface area contributed by atoms with E-state index >= 15 is 0 Å². The maximum Gasteiger partial charge on any atom is 0.409 e. The van der Waals surface area contributed by atoms with E-state index in [1.54, 1.807) is 5.32 Å². The number of nitrogens with one attached hydrogen (secondary N) is 1. The smallest absolute Gasteiger partial charge is 0.383 e. The molecule has 3 nitrogen and oxygen atoms in total. The van der Waals surface area contributed by atoms with Crippen LogP contribution in [0.5, 0.6) is 0 Å². The van der Waals surface area contributed by atoms with Crippen molar-refractivity contribution in [3.05, 3.63) is 0 Å². The minimum absolute atomic E-state index is 0.141. The van der Waals surface area contributed by atoms with Crippen molar-refractivity contribution in [3.8, 4) is 0 Å². The van der Waals surface area contributed by atoms with Crippen LogP contribution in [0.15, 0.2) is 0 Å². The van der Waals surface area contributed by atoms with Crippen LogP contribution in [0.3, 0.4) is 0 Å². The first-order valence-electron chi connectivity index (χ1n) is 5.02. The molecular weight excluding hydrogens is 348 g/mol. The van der Waals surface area contributed by atoms with Crippen LogP contribution in [0.25, 0.3) is 0 Å². The lowest BCUT2D eigenvalue weighted by Gasteiger charge is -2.25. The minimum atomic E-state index is -5.69. The number of amides is 1. The van der Waals surface area contributed by atoms with Gasteiger partial charge in [-0.25, -0.2) is 0 Å². The molecule has 0 spiro atoms. The number of ether oxygens (including phenoxy) is 1. The molecule has 0 aromatic heterocycles. The van der Waals surface area contributed by atoms with Crippen molar-refractivity contribution in [2.45, 2.75) is 24.8 Å². The molecule has 10 heteroatoms. The van der Waals surface area contributed by atoms with Gasteiger partial charge in [0, 0.05) is 12.4 Å². The first-order valence-corrected chi connectivity index (χ1v) is 6.14. The summed E-state index contributed by atoms with van der Waals surface area (Å²) in [5, 5.41) is 1.99. The number of hydrogen-bond acceptors (Lipinski definition) is 2. The SMILES string of the molecule is COCC(CCBr)NC(=O)C(C(F)(F)F)C(F)(F)F. The quantitative estimate of drug-likeness (QED) is 0.584. The largest absolute Gasteiger partial charge is 0.409 e. The van der Waals surface area contributed by atoms with Gasteiger partial charge in [0.1, 0.15) is 0 Å². The molecule has 0 bridgehead atoms. The number of rotatable bonds is 6. The van der Waals surface area contributed by atoms with Gasteiger partial charge in [-0.2, -0.15) is 26.3 Å². The Balaban J connectivity index is 4.91. The van der Waals surface area contributed by atoms with Crippen LogP contribution in [0.1, 0.15) is 6.42 Å². The molecule has 0 aromatic rings. The van der Waals surface area contributed by atoms with E-state index in [9.17, 15) is 31.1 Å². The summed E-state index contributed by atoms with van der Waals surface area (Å²) in [4.78, 5) is 11.2. The van der Waals surface area contributed by atoms with Gasteiger partial charge < -0.3 is 10.1 Å². The normalized spacial score (nSPS) is 14.6. The maximum absolute atomic E-state index is 12.3. The third-order valence-electron chi connectivity index (χ3n) is 2.09. The van der Waals surface area contributed by atoms with Gasteiger partial charge in [-0.05, 0) is 6.42 Å². The van der Waals surface area contributed by atoms with Crippen molar-refractivity contribution in [1.29, 1.82) is 0 Å². The second-order valence-electron chi connectivity index (χ2n) is 3.65. The average molecular weight is 360 g/mol. The molecule has 19 heavy (non-hydrogen) atoms. The van der Waals surface area contributed by atoms with Crippen molar-refractivity contribution in [2.75, 3.05) is 19.0 Å². The third kappa shape index (κ3) is 6.46. The molecule has 0 aliphatic heterocycles. The fourth-order valence-electron chi connectivity index (χ4n) is 1.30. The standard InChI is InChI=1S/C9H12BrF6NO2/c1-19-4-5(2-3-10)17-7(18)6(8(11,12)13)9(14,15)16/h5-6H,2-4H2,1H3,(H,17,18). The van der Waals surface area contributed by atoms with Crippen LogP contribution in [0, 0.1) is 5.92 Å². The Morgan fingerprint density at radius 1 is 1.21 bits per heavy atom. The van der Waals surface area contributed by atoms with Gasteiger partial charge in [0.15, 0.2) is 0 Å². The van der Waals surface area contributed by atoms with Crippen LogP contribution < -0.4 is 5.32 Å². The zero-order valence-corrected chi connectivity index (χ0v) is 11.3. The number of carbonyl (C=O) groups excluding carboxylic acids is 1. The fraction of sp³-hybridized carbons (Fsp3) is 0.889. The van der Waals surface area contributed by atoms with Gasteiger partial charge in [0.25, 0.3) is 0 Å². The van der Waals surface area contributed by atoms with E-state index in [1.165, 1.54) is 7.11 Å². The molecule has 1 amide bonds. The predicted molar refractivity (Wildman–Crippen MR) is 57.8 cm³/mol. The maximum atomic E-state index is 12.3. The summed E-state index contributed by atoms with van der Waals surface area (Å²) < 4.78 is 78.2. The molecule has 114 valence electrons. The third-order valence-corrected chi connectivity index (χ3v) is 2.55.